The van der Waals surface area contributed by atoms with Crippen molar-refractivity contribution >= 4 is 11.6 Å². The van der Waals surface area contributed by atoms with Crippen LogP contribution < -0.4 is 11.1 Å². The lowest BCUT2D eigenvalue weighted by Crippen LogP contribution is -2.53. The first kappa shape index (κ1) is 14.9. The average molecular weight is 276 g/mol. The van der Waals surface area contributed by atoms with E-state index in [0.717, 1.165) is 31.2 Å². The number of nitrogen functional groups attached to an aromatic ring is 1. The molecular formula is C16H24N2O2. The van der Waals surface area contributed by atoms with Crippen molar-refractivity contribution in [2.75, 3.05) is 12.3 Å². The summed E-state index contributed by atoms with van der Waals surface area (Å²) in [5.41, 5.74) is 6.50. The third-order valence-electron chi connectivity index (χ3n) is 4.68. The number of aliphatic hydroxyl groups is 1. The van der Waals surface area contributed by atoms with Crippen molar-refractivity contribution in [3.8, 4) is 0 Å². The van der Waals surface area contributed by atoms with Gasteiger partial charge in [-0.25, -0.2) is 0 Å². The van der Waals surface area contributed by atoms with E-state index in [1.54, 1.807) is 0 Å². The second kappa shape index (κ2) is 5.44. The summed E-state index contributed by atoms with van der Waals surface area (Å²) in [5.74, 6) is 0.0278. The molecule has 1 fully saturated rings. The Hall–Kier alpha value is -1.55. The zero-order chi connectivity index (χ0) is 14.8. The second-order valence-corrected chi connectivity index (χ2v) is 5.80. The normalized spacial score (nSPS) is 16.8. The smallest absolute Gasteiger partial charge is 0.231 e. The van der Waals surface area contributed by atoms with E-state index in [0.29, 0.717) is 5.69 Å². The highest BCUT2D eigenvalue weighted by molar-refractivity contribution is 5.91. The molecule has 1 aliphatic rings. The third-order valence-corrected chi connectivity index (χ3v) is 4.68. The van der Waals surface area contributed by atoms with Crippen LogP contribution >= 0.6 is 0 Å². The van der Waals surface area contributed by atoms with Crippen molar-refractivity contribution in [3.05, 3.63) is 29.8 Å². The first-order chi connectivity index (χ1) is 9.52. The summed E-state index contributed by atoms with van der Waals surface area (Å²) in [4.78, 5) is 12.7. The molecule has 0 atom stereocenters. The molecule has 20 heavy (non-hydrogen) atoms. The van der Waals surface area contributed by atoms with Gasteiger partial charge in [-0.3, -0.25) is 4.79 Å². The minimum atomic E-state index is -0.500. The molecule has 1 aromatic rings. The number of nitrogens with one attached hydrogen (secondary N) is 1. The van der Waals surface area contributed by atoms with E-state index < -0.39 is 11.0 Å². The molecule has 0 aliphatic heterocycles. The molecule has 0 spiro atoms. The average Bonchev–Trinajstić information content (AvgIpc) is 3.27. The molecule has 0 aromatic heterocycles. The standard InChI is InChI=1S/C16H24N2O2/c1-3-15(4-2,11-19)18-14(20)16(9-10-16)12-5-7-13(17)8-6-12/h5-8,19H,3-4,9-11,17H2,1-2H3,(H,18,20). The predicted molar refractivity (Wildman–Crippen MR) is 80.3 cm³/mol. The highest BCUT2D eigenvalue weighted by Crippen LogP contribution is 2.49. The number of benzene rings is 1. The van der Waals surface area contributed by atoms with E-state index in [2.05, 4.69) is 5.32 Å². The number of nitrogens with two attached hydrogens (primary N) is 1. The van der Waals surface area contributed by atoms with Crippen molar-refractivity contribution in [2.24, 2.45) is 0 Å². The molecule has 0 radical (unpaired) electrons. The van der Waals surface area contributed by atoms with Gasteiger partial charge in [0.25, 0.3) is 0 Å². The monoisotopic (exact) mass is 276 g/mol. The Morgan fingerprint density at radius 3 is 2.25 bits per heavy atom. The molecule has 4 heteroatoms. The van der Waals surface area contributed by atoms with Crippen LogP contribution in [0, 0.1) is 0 Å². The fourth-order valence-corrected chi connectivity index (χ4v) is 2.62. The Morgan fingerprint density at radius 1 is 1.30 bits per heavy atom. The molecule has 0 unspecified atom stereocenters. The molecule has 1 saturated carbocycles. The summed E-state index contributed by atoms with van der Waals surface area (Å²) in [6, 6.07) is 7.53. The molecule has 4 N–H and O–H groups in total. The van der Waals surface area contributed by atoms with Crippen molar-refractivity contribution < 1.29 is 9.90 Å². The zero-order valence-electron chi connectivity index (χ0n) is 12.3. The van der Waals surface area contributed by atoms with Gasteiger partial charge in [0.15, 0.2) is 0 Å². The molecule has 1 amide bonds. The first-order valence-electron chi connectivity index (χ1n) is 7.31. The molecule has 110 valence electrons. The highest BCUT2D eigenvalue weighted by Gasteiger charge is 2.52. The Balaban J connectivity index is 2.18. The first-order valence-corrected chi connectivity index (χ1v) is 7.31. The molecule has 4 nitrogen and oxygen atoms in total. The van der Waals surface area contributed by atoms with Crippen molar-refractivity contribution in [1.82, 2.24) is 5.32 Å². The van der Waals surface area contributed by atoms with Crippen LogP contribution in [0.15, 0.2) is 24.3 Å². The summed E-state index contributed by atoms with van der Waals surface area (Å²) in [7, 11) is 0. The van der Waals surface area contributed by atoms with Crippen LogP contribution in [0.1, 0.15) is 45.1 Å². The predicted octanol–water partition coefficient (Wildman–Crippen LogP) is 1.97. The van der Waals surface area contributed by atoms with Gasteiger partial charge in [0, 0.05) is 5.69 Å². The molecule has 0 bridgehead atoms. The fourth-order valence-electron chi connectivity index (χ4n) is 2.62. The Labute approximate surface area is 120 Å². The maximum Gasteiger partial charge on any atom is 0.231 e. The quantitative estimate of drug-likeness (QED) is 0.695. The summed E-state index contributed by atoms with van der Waals surface area (Å²) in [6.07, 6.45) is 3.17. The summed E-state index contributed by atoms with van der Waals surface area (Å²) in [6.45, 7) is 3.95. The summed E-state index contributed by atoms with van der Waals surface area (Å²) < 4.78 is 0. The largest absolute Gasteiger partial charge is 0.399 e. The van der Waals surface area contributed by atoms with Crippen molar-refractivity contribution in [1.29, 1.82) is 0 Å². The van der Waals surface area contributed by atoms with Gasteiger partial charge in [-0.2, -0.15) is 0 Å². The van der Waals surface area contributed by atoms with Crippen LogP contribution in [0.25, 0.3) is 0 Å². The van der Waals surface area contributed by atoms with Gasteiger partial charge >= 0.3 is 0 Å². The number of anilines is 1. The zero-order valence-corrected chi connectivity index (χ0v) is 12.3. The van der Waals surface area contributed by atoms with E-state index in [-0.39, 0.29) is 12.5 Å². The minimum absolute atomic E-state index is 0.0242. The minimum Gasteiger partial charge on any atom is -0.399 e. The lowest BCUT2D eigenvalue weighted by atomic mass is 9.89. The molecule has 1 aliphatic carbocycles. The molecule has 0 saturated heterocycles. The topological polar surface area (TPSA) is 75.3 Å². The number of amides is 1. The van der Waals surface area contributed by atoms with Gasteiger partial charge in [-0.1, -0.05) is 26.0 Å². The van der Waals surface area contributed by atoms with Gasteiger partial charge < -0.3 is 16.2 Å². The van der Waals surface area contributed by atoms with E-state index in [9.17, 15) is 9.90 Å². The van der Waals surface area contributed by atoms with Gasteiger partial charge in [0.1, 0.15) is 0 Å². The second-order valence-electron chi connectivity index (χ2n) is 5.80. The van der Waals surface area contributed by atoms with Crippen LogP contribution in [0.5, 0.6) is 0 Å². The van der Waals surface area contributed by atoms with Crippen molar-refractivity contribution in [3.63, 3.8) is 0 Å². The molecule has 1 aromatic carbocycles. The van der Waals surface area contributed by atoms with Crippen LogP contribution in [0.2, 0.25) is 0 Å². The maximum atomic E-state index is 12.7. The molecule has 2 rings (SSSR count). The van der Waals surface area contributed by atoms with Gasteiger partial charge in [0.2, 0.25) is 5.91 Å². The SMILES string of the molecule is CCC(CC)(CO)NC(=O)C1(c2ccc(N)cc2)CC1. The van der Waals surface area contributed by atoms with Gasteiger partial charge in [-0.05, 0) is 43.4 Å². The van der Waals surface area contributed by atoms with E-state index in [1.165, 1.54) is 0 Å². The Bertz CT molecular complexity index is 465. The lowest BCUT2D eigenvalue weighted by molar-refractivity contribution is -0.126. The molecule has 0 heterocycles. The van der Waals surface area contributed by atoms with Crippen molar-refractivity contribution in [2.45, 2.75) is 50.5 Å². The number of aliphatic hydroxyl groups excluding tert-OH is 1. The Morgan fingerprint density at radius 2 is 1.85 bits per heavy atom. The van der Waals surface area contributed by atoms with E-state index in [4.69, 9.17) is 5.73 Å². The van der Waals surface area contributed by atoms with E-state index >= 15 is 0 Å². The van der Waals surface area contributed by atoms with Crippen LogP contribution in [-0.2, 0) is 10.2 Å². The number of hydrogen-bond acceptors (Lipinski definition) is 3. The third kappa shape index (κ3) is 2.52. The summed E-state index contributed by atoms with van der Waals surface area (Å²) in [5, 5.41) is 12.7. The van der Waals surface area contributed by atoms with Crippen LogP contribution in [0.3, 0.4) is 0 Å². The number of hydrogen-bond donors (Lipinski definition) is 3. The fraction of sp³-hybridized carbons (Fsp3) is 0.562. The lowest BCUT2D eigenvalue weighted by Gasteiger charge is -2.32. The van der Waals surface area contributed by atoms with Crippen LogP contribution in [0.4, 0.5) is 5.69 Å². The van der Waals surface area contributed by atoms with Crippen LogP contribution in [-0.4, -0.2) is 23.2 Å². The van der Waals surface area contributed by atoms with E-state index in [1.807, 2.05) is 38.1 Å². The van der Waals surface area contributed by atoms with Gasteiger partial charge in [-0.15, -0.1) is 0 Å². The number of carbonyl (C=O) groups excluding carboxylic acids is 1. The number of carbonyl (C=O) groups is 1. The maximum absolute atomic E-state index is 12.7. The highest BCUT2D eigenvalue weighted by atomic mass is 16.3. The summed E-state index contributed by atoms with van der Waals surface area (Å²) >= 11 is 0. The number of rotatable bonds is 6. The van der Waals surface area contributed by atoms with Gasteiger partial charge in [0.05, 0.1) is 17.6 Å². The Kier molecular flexibility index (Phi) is 4.04. The molecular weight excluding hydrogens is 252 g/mol.